The molecule has 0 aliphatic carbocycles. The molecule has 0 radical (unpaired) electrons. The fourth-order valence-corrected chi connectivity index (χ4v) is 11.6. The molecule has 0 aliphatic rings. The average molecular weight is 1450 g/mol. The lowest BCUT2D eigenvalue weighted by molar-refractivity contribution is -0.161. The summed E-state index contributed by atoms with van der Waals surface area (Å²) in [7, 11) is -9.97. The molecule has 100 heavy (non-hydrogen) atoms. The predicted octanol–water partition coefficient (Wildman–Crippen LogP) is 22.3. The van der Waals surface area contributed by atoms with Gasteiger partial charge in [-0.15, -0.1) is 0 Å². The van der Waals surface area contributed by atoms with Crippen LogP contribution >= 0.6 is 15.6 Å². The molecule has 0 spiro atoms. The molecule has 0 fully saturated rings. The standard InChI is InChI=1S/C81H138O17P2/c1-5-9-13-17-21-25-29-33-35-37-39-43-45-49-53-57-61-65-78(83)91-71-76(97-80(85)67-63-59-55-51-47-41-31-27-23-19-15-11-7-3)73-95-99(87,88)93-69-75(82)70-94-100(89,90)96-74-77(98-81(86)68-64-60-56-52-48-42-32-28-24-20-16-12-8-4)72-92-79(84)66-62-58-54-50-46-44-40-38-36-34-30-26-22-18-14-10-6-2/h9-10,13-15,19,21-22,25-28,31-36,40,44,75-77,82H,5-8,11-12,16-18,20,23-24,29-30,37-39,41-43,45-74H2,1-4H3,(H,87,88)(H,89,90)/b13-9-,14-10-,19-15-,25-21-,26-22-,31-27-,32-28-,35-33-,36-34-,44-40-. The van der Waals surface area contributed by atoms with E-state index in [1.807, 2.05) is 0 Å². The van der Waals surface area contributed by atoms with Gasteiger partial charge >= 0.3 is 39.5 Å². The van der Waals surface area contributed by atoms with Gasteiger partial charge in [0.15, 0.2) is 12.2 Å². The summed E-state index contributed by atoms with van der Waals surface area (Å²) >= 11 is 0. The SMILES string of the molecule is CC/C=C\C/C=C\C/C=C\C/C=C\CCCCCCC(=O)OCC(COP(=O)(O)OCC(O)COP(=O)(O)OCC(COC(=O)CCCCCCCCC/C=C\C/C=C\C/C=C\CC)OC(=O)CCCCCCC/C=C\C/C=C\CCC)OC(=O)CCCCCCC/C=C\CCCCCC. The number of hydrogen-bond acceptors (Lipinski definition) is 15. The molecule has 0 aliphatic heterocycles. The Balaban J connectivity index is 5.37. The molecule has 0 rings (SSSR count). The van der Waals surface area contributed by atoms with Gasteiger partial charge in [-0.05, 0) is 148 Å². The van der Waals surface area contributed by atoms with Crippen molar-refractivity contribution < 1.29 is 80.2 Å². The van der Waals surface area contributed by atoms with Crippen LogP contribution in [-0.2, 0) is 65.4 Å². The maximum atomic E-state index is 13.1. The van der Waals surface area contributed by atoms with E-state index in [0.29, 0.717) is 25.7 Å². The van der Waals surface area contributed by atoms with Crippen molar-refractivity contribution in [1.29, 1.82) is 0 Å². The van der Waals surface area contributed by atoms with Gasteiger partial charge in [-0.1, -0.05) is 258 Å². The zero-order chi connectivity index (χ0) is 73.2. The number of phosphoric acid groups is 2. The van der Waals surface area contributed by atoms with Crippen molar-refractivity contribution in [1.82, 2.24) is 0 Å². The second kappa shape index (κ2) is 72.8. The molecule has 0 saturated carbocycles. The van der Waals surface area contributed by atoms with Gasteiger partial charge in [-0.2, -0.15) is 0 Å². The van der Waals surface area contributed by atoms with Gasteiger partial charge in [0, 0.05) is 25.7 Å². The zero-order valence-electron chi connectivity index (χ0n) is 62.6. The van der Waals surface area contributed by atoms with Crippen LogP contribution in [0.25, 0.3) is 0 Å². The van der Waals surface area contributed by atoms with Gasteiger partial charge in [-0.25, -0.2) is 9.13 Å². The van der Waals surface area contributed by atoms with Crippen LogP contribution in [-0.4, -0.2) is 96.7 Å². The Morgan fingerprint density at radius 3 is 0.850 bits per heavy atom. The van der Waals surface area contributed by atoms with E-state index in [0.717, 1.165) is 205 Å². The number of esters is 4. The summed E-state index contributed by atoms with van der Waals surface area (Å²) < 4.78 is 68.5. The number of hydrogen-bond donors (Lipinski definition) is 3. The Kier molecular flexibility index (Phi) is 69.5. The molecule has 0 amide bonds. The number of aliphatic hydroxyl groups excluding tert-OH is 1. The fraction of sp³-hybridized carbons (Fsp3) is 0.704. The minimum atomic E-state index is -4.98. The lowest BCUT2D eigenvalue weighted by atomic mass is 10.1. The third-order valence-electron chi connectivity index (χ3n) is 15.9. The first-order valence-electron chi connectivity index (χ1n) is 38.8. The van der Waals surface area contributed by atoms with Crippen molar-refractivity contribution in [3.63, 3.8) is 0 Å². The van der Waals surface area contributed by atoms with E-state index < -0.39 is 97.5 Å². The highest BCUT2D eigenvalue weighted by atomic mass is 31.2. The highest BCUT2D eigenvalue weighted by Crippen LogP contribution is 2.45. The summed E-state index contributed by atoms with van der Waals surface area (Å²) in [6.45, 7) is 4.51. The Hall–Kier alpha value is -4.54. The molecule has 0 aromatic rings. The number of ether oxygens (including phenoxy) is 4. The molecule has 5 atom stereocenters. The van der Waals surface area contributed by atoms with Crippen LogP contribution in [0.15, 0.2) is 122 Å². The van der Waals surface area contributed by atoms with Crippen molar-refractivity contribution in [2.24, 2.45) is 0 Å². The van der Waals surface area contributed by atoms with E-state index >= 15 is 0 Å². The Labute approximate surface area is 606 Å². The summed E-state index contributed by atoms with van der Waals surface area (Å²) in [4.78, 5) is 72.9. The summed E-state index contributed by atoms with van der Waals surface area (Å²) in [6.07, 6.45) is 79.0. The molecular weight excluding hydrogens is 1310 g/mol. The van der Waals surface area contributed by atoms with E-state index in [4.69, 9.17) is 37.0 Å². The van der Waals surface area contributed by atoms with Crippen molar-refractivity contribution in [3.8, 4) is 0 Å². The average Bonchev–Trinajstić information content (AvgIpc) is 0.943. The van der Waals surface area contributed by atoms with Crippen LogP contribution < -0.4 is 0 Å². The maximum Gasteiger partial charge on any atom is 0.472 e. The monoisotopic (exact) mass is 1440 g/mol. The number of rotatable bonds is 72. The van der Waals surface area contributed by atoms with E-state index in [1.165, 1.54) is 25.7 Å². The summed E-state index contributed by atoms with van der Waals surface area (Å²) in [5.74, 6) is -2.23. The molecule has 5 unspecified atom stereocenters. The van der Waals surface area contributed by atoms with E-state index in [1.54, 1.807) is 0 Å². The van der Waals surface area contributed by atoms with Gasteiger partial charge in [0.1, 0.15) is 19.3 Å². The quantitative estimate of drug-likeness (QED) is 0.0169. The number of phosphoric ester groups is 2. The molecule has 17 nitrogen and oxygen atoms in total. The second-order valence-corrected chi connectivity index (χ2v) is 28.4. The third-order valence-corrected chi connectivity index (χ3v) is 17.8. The first-order valence-corrected chi connectivity index (χ1v) is 41.8. The summed E-state index contributed by atoms with van der Waals surface area (Å²) in [5, 5.41) is 10.6. The number of carbonyl (C=O) groups is 4. The van der Waals surface area contributed by atoms with Crippen LogP contribution in [0.3, 0.4) is 0 Å². The summed E-state index contributed by atoms with van der Waals surface area (Å²) in [6, 6.07) is 0. The molecule has 0 saturated heterocycles. The number of unbranched alkanes of at least 4 members (excludes halogenated alkanes) is 26. The van der Waals surface area contributed by atoms with Crippen LogP contribution in [0.1, 0.15) is 310 Å². The van der Waals surface area contributed by atoms with Gasteiger partial charge in [-0.3, -0.25) is 37.3 Å². The zero-order valence-corrected chi connectivity index (χ0v) is 64.4. The minimum Gasteiger partial charge on any atom is -0.462 e. The van der Waals surface area contributed by atoms with Gasteiger partial charge in [0.2, 0.25) is 0 Å². The van der Waals surface area contributed by atoms with Gasteiger partial charge in [0.25, 0.3) is 0 Å². The smallest absolute Gasteiger partial charge is 0.462 e. The Morgan fingerprint density at radius 1 is 0.290 bits per heavy atom. The lowest BCUT2D eigenvalue weighted by Gasteiger charge is -2.21. The molecule has 0 aromatic heterocycles. The molecule has 3 N–H and O–H groups in total. The number of aliphatic hydroxyl groups is 1. The van der Waals surface area contributed by atoms with E-state index in [2.05, 4.69) is 149 Å². The van der Waals surface area contributed by atoms with Crippen LogP contribution in [0.5, 0.6) is 0 Å². The molecule has 0 aromatic carbocycles. The topological polar surface area (TPSA) is 237 Å². The molecule has 0 heterocycles. The first-order chi connectivity index (χ1) is 48.7. The van der Waals surface area contributed by atoms with Crippen molar-refractivity contribution in [2.75, 3.05) is 39.6 Å². The Bertz CT molecular complexity index is 2370. The van der Waals surface area contributed by atoms with Crippen molar-refractivity contribution in [3.05, 3.63) is 122 Å². The normalized spacial score (nSPS) is 14.6. The minimum absolute atomic E-state index is 0.0741. The summed E-state index contributed by atoms with van der Waals surface area (Å²) in [5.41, 5.74) is 0. The molecule has 0 bridgehead atoms. The van der Waals surface area contributed by atoms with Crippen LogP contribution in [0.2, 0.25) is 0 Å². The van der Waals surface area contributed by atoms with E-state index in [-0.39, 0.29) is 25.7 Å². The fourth-order valence-electron chi connectivity index (χ4n) is 10.0. The van der Waals surface area contributed by atoms with Gasteiger partial charge < -0.3 is 33.8 Å². The highest BCUT2D eigenvalue weighted by molar-refractivity contribution is 7.47. The van der Waals surface area contributed by atoms with Crippen LogP contribution in [0, 0.1) is 0 Å². The largest absolute Gasteiger partial charge is 0.472 e. The second-order valence-electron chi connectivity index (χ2n) is 25.5. The van der Waals surface area contributed by atoms with Crippen molar-refractivity contribution >= 4 is 39.5 Å². The first kappa shape index (κ1) is 95.5. The van der Waals surface area contributed by atoms with Crippen molar-refractivity contribution in [2.45, 2.75) is 329 Å². The molecular formula is C81H138O17P2. The van der Waals surface area contributed by atoms with Crippen LogP contribution in [0.4, 0.5) is 0 Å². The third kappa shape index (κ3) is 71.8. The molecule has 574 valence electrons. The maximum absolute atomic E-state index is 13.1. The Morgan fingerprint density at radius 2 is 0.540 bits per heavy atom. The van der Waals surface area contributed by atoms with Gasteiger partial charge in [0.05, 0.1) is 26.4 Å². The van der Waals surface area contributed by atoms with E-state index in [9.17, 15) is 43.2 Å². The number of allylic oxidation sites excluding steroid dienone is 20. The molecule has 19 heteroatoms. The lowest BCUT2D eigenvalue weighted by Crippen LogP contribution is -2.30. The number of carbonyl (C=O) groups excluding carboxylic acids is 4. The highest BCUT2D eigenvalue weighted by Gasteiger charge is 2.30. The predicted molar refractivity (Wildman–Crippen MR) is 408 cm³/mol.